The van der Waals surface area contributed by atoms with Gasteiger partial charge < -0.3 is 4.90 Å². The molecule has 6 heteroatoms. The number of benzene rings is 3. The van der Waals surface area contributed by atoms with Crippen LogP contribution in [0.15, 0.2) is 66.7 Å². The molecule has 3 aromatic carbocycles. The van der Waals surface area contributed by atoms with Crippen LogP contribution in [0.2, 0.25) is 24.7 Å². The topological polar surface area (TPSA) is 20.3 Å². The number of carbonyl (C=O) groups is 1. The third-order valence-corrected chi connectivity index (χ3v) is 7.60. The molecule has 0 spiro atoms. The van der Waals surface area contributed by atoms with Gasteiger partial charge >= 0.3 is 0 Å². The zero-order valence-corrected chi connectivity index (χ0v) is 19.7. The molecule has 0 fully saturated rings. The molecule has 3 aromatic rings. The molecule has 0 saturated heterocycles. The lowest BCUT2D eigenvalue weighted by molar-refractivity contribution is 0.0740. The zero-order valence-electron chi connectivity index (χ0n) is 18.0. The summed E-state index contributed by atoms with van der Waals surface area (Å²) in [5.74, 6) is -1.44. The SMILES string of the molecule is C[Si](C)(C)c1ccc(CN(CCc2ccc(F)cc2)C(=O)c2cccc(Cl)c2F)cc1. The van der Waals surface area contributed by atoms with Crippen molar-refractivity contribution in [3.05, 3.63) is 100 Å². The molecule has 0 unspecified atom stereocenters. The minimum Gasteiger partial charge on any atom is -0.334 e. The lowest BCUT2D eigenvalue weighted by atomic mass is 10.1. The van der Waals surface area contributed by atoms with E-state index in [9.17, 15) is 13.6 Å². The maximum absolute atomic E-state index is 14.5. The number of carbonyl (C=O) groups excluding carboxylic acids is 1. The van der Waals surface area contributed by atoms with E-state index in [2.05, 4.69) is 31.8 Å². The van der Waals surface area contributed by atoms with Crippen LogP contribution in [0.4, 0.5) is 8.78 Å². The first kappa shape index (κ1) is 23.2. The number of hydrogen-bond donors (Lipinski definition) is 0. The van der Waals surface area contributed by atoms with Crippen molar-refractivity contribution in [2.75, 3.05) is 6.54 Å². The molecule has 2 nitrogen and oxygen atoms in total. The molecule has 0 aliphatic rings. The third kappa shape index (κ3) is 6.02. The number of nitrogens with zero attached hydrogens (tertiary/aromatic N) is 1. The molecule has 0 N–H and O–H groups in total. The molecule has 0 heterocycles. The van der Waals surface area contributed by atoms with Crippen LogP contribution >= 0.6 is 11.6 Å². The highest BCUT2D eigenvalue weighted by molar-refractivity contribution is 6.88. The zero-order chi connectivity index (χ0) is 22.6. The van der Waals surface area contributed by atoms with Gasteiger partial charge in [0.25, 0.3) is 5.91 Å². The van der Waals surface area contributed by atoms with Gasteiger partial charge in [0.15, 0.2) is 5.82 Å². The summed E-state index contributed by atoms with van der Waals surface area (Å²) in [7, 11) is -1.42. The van der Waals surface area contributed by atoms with Crippen LogP contribution < -0.4 is 5.19 Å². The van der Waals surface area contributed by atoms with E-state index in [1.54, 1.807) is 23.1 Å². The van der Waals surface area contributed by atoms with Crippen molar-refractivity contribution in [2.45, 2.75) is 32.6 Å². The molecule has 162 valence electrons. The maximum Gasteiger partial charge on any atom is 0.257 e. The van der Waals surface area contributed by atoms with Gasteiger partial charge in [-0.25, -0.2) is 8.78 Å². The lowest BCUT2D eigenvalue weighted by Gasteiger charge is -2.24. The van der Waals surface area contributed by atoms with Gasteiger partial charge in [-0.15, -0.1) is 0 Å². The van der Waals surface area contributed by atoms with E-state index in [1.807, 2.05) is 12.1 Å². The Labute approximate surface area is 188 Å². The summed E-state index contributed by atoms with van der Waals surface area (Å²) >= 11 is 5.89. The summed E-state index contributed by atoms with van der Waals surface area (Å²) in [5.41, 5.74) is 1.82. The second kappa shape index (κ2) is 9.75. The molecular formula is C25H26ClF2NOSi. The van der Waals surface area contributed by atoms with E-state index < -0.39 is 19.8 Å². The van der Waals surface area contributed by atoms with E-state index in [4.69, 9.17) is 11.6 Å². The fraction of sp³-hybridized carbons (Fsp3) is 0.240. The summed E-state index contributed by atoms with van der Waals surface area (Å²) in [5, 5.41) is 1.25. The Morgan fingerprint density at radius 2 is 1.52 bits per heavy atom. The molecule has 0 saturated carbocycles. The van der Waals surface area contributed by atoms with Crippen molar-refractivity contribution in [3.63, 3.8) is 0 Å². The van der Waals surface area contributed by atoms with Crippen molar-refractivity contribution in [1.82, 2.24) is 4.90 Å². The van der Waals surface area contributed by atoms with Gasteiger partial charge in [0.1, 0.15) is 5.82 Å². The smallest absolute Gasteiger partial charge is 0.257 e. The third-order valence-electron chi connectivity index (χ3n) is 5.25. The Morgan fingerprint density at radius 3 is 2.13 bits per heavy atom. The van der Waals surface area contributed by atoms with Gasteiger partial charge in [0, 0.05) is 13.1 Å². The lowest BCUT2D eigenvalue weighted by Crippen LogP contribution is -2.37. The van der Waals surface area contributed by atoms with Gasteiger partial charge in [0.05, 0.1) is 18.7 Å². The Kier molecular flexibility index (Phi) is 7.29. The predicted octanol–water partition coefficient (Wildman–Crippen LogP) is 6.05. The molecule has 0 aliphatic carbocycles. The van der Waals surface area contributed by atoms with E-state index in [0.29, 0.717) is 19.5 Å². The summed E-state index contributed by atoms with van der Waals surface area (Å²) in [4.78, 5) is 14.8. The fourth-order valence-electron chi connectivity index (χ4n) is 3.34. The van der Waals surface area contributed by atoms with Crippen LogP contribution in [0.1, 0.15) is 21.5 Å². The van der Waals surface area contributed by atoms with Crippen molar-refractivity contribution in [3.8, 4) is 0 Å². The molecule has 0 radical (unpaired) electrons. The molecule has 0 aliphatic heterocycles. The predicted molar refractivity (Wildman–Crippen MR) is 126 cm³/mol. The first-order chi connectivity index (χ1) is 14.6. The molecule has 31 heavy (non-hydrogen) atoms. The second-order valence-corrected chi connectivity index (χ2v) is 14.1. The van der Waals surface area contributed by atoms with Crippen LogP contribution in [0.3, 0.4) is 0 Å². The average molecular weight is 458 g/mol. The average Bonchev–Trinajstić information content (AvgIpc) is 2.73. The fourth-order valence-corrected chi connectivity index (χ4v) is 4.68. The first-order valence-corrected chi connectivity index (χ1v) is 14.1. The van der Waals surface area contributed by atoms with Gasteiger partial charge in [-0.2, -0.15) is 0 Å². The van der Waals surface area contributed by atoms with Gasteiger partial charge in [-0.05, 0) is 41.8 Å². The quantitative estimate of drug-likeness (QED) is 0.395. The number of hydrogen-bond acceptors (Lipinski definition) is 1. The van der Waals surface area contributed by atoms with E-state index in [1.165, 1.54) is 29.5 Å². The largest absolute Gasteiger partial charge is 0.334 e. The minimum atomic E-state index is -1.42. The molecular weight excluding hydrogens is 432 g/mol. The minimum absolute atomic E-state index is 0.0506. The van der Waals surface area contributed by atoms with Crippen LogP contribution in [0.5, 0.6) is 0 Å². The summed E-state index contributed by atoms with van der Waals surface area (Å²) in [6, 6.07) is 18.9. The van der Waals surface area contributed by atoms with Gasteiger partial charge in [0.2, 0.25) is 0 Å². The monoisotopic (exact) mass is 457 g/mol. The molecule has 3 rings (SSSR count). The number of halogens is 3. The van der Waals surface area contributed by atoms with Gasteiger partial charge in [-0.3, -0.25) is 4.79 Å². The van der Waals surface area contributed by atoms with Crippen LogP contribution in [-0.4, -0.2) is 25.4 Å². The van der Waals surface area contributed by atoms with E-state index in [0.717, 1.165) is 11.1 Å². The highest BCUT2D eigenvalue weighted by Gasteiger charge is 2.22. The van der Waals surface area contributed by atoms with Crippen LogP contribution in [0.25, 0.3) is 0 Å². The number of rotatable bonds is 7. The molecule has 0 aromatic heterocycles. The van der Waals surface area contributed by atoms with Crippen LogP contribution in [-0.2, 0) is 13.0 Å². The molecule has 1 amide bonds. The standard InChI is InChI=1S/C25H26ClF2NOSi/c1-31(2,3)21-13-9-19(10-14-21)17-29(16-15-18-7-11-20(27)12-8-18)25(30)22-5-4-6-23(26)24(22)28/h4-14H,15-17H2,1-3H3. The highest BCUT2D eigenvalue weighted by atomic mass is 35.5. The second-order valence-electron chi connectivity index (χ2n) is 8.65. The van der Waals surface area contributed by atoms with Crippen molar-refractivity contribution >= 4 is 30.8 Å². The normalized spacial score (nSPS) is 11.4. The highest BCUT2D eigenvalue weighted by Crippen LogP contribution is 2.21. The van der Waals surface area contributed by atoms with Crippen molar-refractivity contribution < 1.29 is 13.6 Å². The van der Waals surface area contributed by atoms with Crippen LogP contribution in [0, 0.1) is 11.6 Å². The number of amides is 1. The van der Waals surface area contributed by atoms with E-state index in [-0.39, 0.29) is 16.4 Å². The molecule has 0 atom stereocenters. The van der Waals surface area contributed by atoms with Gasteiger partial charge in [-0.1, -0.05) is 78.9 Å². The Bertz CT molecular complexity index is 1050. The Balaban J connectivity index is 1.85. The van der Waals surface area contributed by atoms with Crippen molar-refractivity contribution in [1.29, 1.82) is 0 Å². The summed E-state index contributed by atoms with van der Waals surface area (Å²) < 4.78 is 27.7. The summed E-state index contributed by atoms with van der Waals surface area (Å²) in [6.45, 7) is 7.55. The van der Waals surface area contributed by atoms with E-state index >= 15 is 0 Å². The Hall–Kier alpha value is -2.50. The first-order valence-electron chi connectivity index (χ1n) is 10.2. The summed E-state index contributed by atoms with van der Waals surface area (Å²) in [6.07, 6.45) is 0.529. The van der Waals surface area contributed by atoms with Crippen molar-refractivity contribution in [2.24, 2.45) is 0 Å². The Morgan fingerprint density at radius 1 is 0.903 bits per heavy atom. The maximum atomic E-state index is 14.5. The molecule has 0 bridgehead atoms.